The summed E-state index contributed by atoms with van der Waals surface area (Å²) in [7, 11) is 0. The lowest BCUT2D eigenvalue weighted by Gasteiger charge is -2.47. The van der Waals surface area contributed by atoms with Crippen molar-refractivity contribution in [2.24, 2.45) is 23.7 Å². The van der Waals surface area contributed by atoms with Gasteiger partial charge in [0.2, 0.25) is 0 Å². The van der Waals surface area contributed by atoms with Crippen LogP contribution in [0.2, 0.25) is 0 Å². The first-order valence-electron chi connectivity index (χ1n) is 5.90. The molecular formula is C12H18O. The summed E-state index contributed by atoms with van der Waals surface area (Å²) >= 11 is 0. The Hall–Kier alpha value is -0.330. The van der Waals surface area contributed by atoms with E-state index < -0.39 is 0 Å². The van der Waals surface area contributed by atoms with Gasteiger partial charge in [-0.1, -0.05) is 12.8 Å². The van der Waals surface area contributed by atoms with Crippen LogP contribution in [0.25, 0.3) is 0 Å². The summed E-state index contributed by atoms with van der Waals surface area (Å²) < 4.78 is 0. The lowest BCUT2D eigenvalue weighted by Crippen LogP contribution is -2.45. The Labute approximate surface area is 79.9 Å². The average Bonchev–Trinajstić information content (AvgIpc) is 2.16. The molecule has 4 bridgehead atoms. The van der Waals surface area contributed by atoms with E-state index in [0.717, 1.165) is 11.8 Å². The quantitative estimate of drug-likeness (QED) is 0.557. The Morgan fingerprint density at radius 2 is 1.38 bits per heavy atom. The third-order valence-electron chi connectivity index (χ3n) is 4.65. The minimum absolute atomic E-state index is 0.496. The number of carbonyl (C=O) groups excluding carboxylic acids is 1. The van der Waals surface area contributed by atoms with E-state index in [4.69, 9.17) is 0 Å². The second-order valence-electron chi connectivity index (χ2n) is 5.23. The lowest BCUT2D eigenvalue weighted by atomic mass is 9.57. The number of carbonyl (C=O) groups is 1. The maximum absolute atomic E-state index is 12.0. The van der Waals surface area contributed by atoms with E-state index in [1.165, 1.54) is 44.9 Å². The second kappa shape index (κ2) is 2.83. The van der Waals surface area contributed by atoms with Gasteiger partial charge in [0.05, 0.1) is 0 Å². The zero-order valence-electron chi connectivity index (χ0n) is 8.17. The van der Waals surface area contributed by atoms with E-state index in [1.807, 2.05) is 0 Å². The molecule has 0 unspecified atom stereocenters. The van der Waals surface area contributed by atoms with Crippen molar-refractivity contribution in [2.75, 3.05) is 0 Å². The van der Waals surface area contributed by atoms with Gasteiger partial charge in [-0.15, -0.1) is 0 Å². The van der Waals surface area contributed by atoms with Crippen LogP contribution in [0.1, 0.15) is 44.9 Å². The fourth-order valence-electron chi connectivity index (χ4n) is 4.05. The van der Waals surface area contributed by atoms with Crippen molar-refractivity contribution in [1.82, 2.24) is 0 Å². The Morgan fingerprint density at radius 3 is 2.00 bits per heavy atom. The van der Waals surface area contributed by atoms with E-state index in [-0.39, 0.29) is 0 Å². The highest BCUT2D eigenvalue weighted by Crippen LogP contribution is 2.50. The topological polar surface area (TPSA) is 17.1 Å². The summed E-state index contributed by atoms with van der Waals surface area (Å²) in [6.07, 6.45) is 9.24. The van der Waals surface area contributed by atoms with Gasteiger partial charge in [-0.2, -0.15) is 0 Å². The maximum Gasteiger partial charge on any atom is 0.139 e. The molecule has 3 fully saturated rings. The number of ketones is 1. The van der Waals surface area contributed by atoms with Gasteiger partial charge in [-0.25, -0.2) is 0 Å². The van der Waals surface area contributed by atoms with Crippen molar-refractivity contribution in [3.05, 3.63) is 0 Å². The second-order valence-corrected chi connectivity index (χ2v) is 5.23. The van der Waals surface area contributed by atoms with E-state index in [2.05, 4.69) is 0 Å². The van der Waals surface area contributed by atoms with Crippen LogP contribution >= 0.6 is 0 Å². The number of hydrogen-bond acceptors (Lipinski definition) is 1. The molecule has 0 aromatic carbocycles. The van der Waals surface area contributed by atoms with Gasteiger partial charge < -0.3 is 0 Å². The van der Waals surface area contributed by atoms with Gasteiger partial charge >= 0.3 is 0 Å². The smallest absolute Gasteiger partial charge is 0.139 e. The summed E-state index contributed by atoms with van der Waals surface area (Å²) in [5.41, 5.74) is 0. The molecule has 72 valence electrons. The Kier molecular flexibility index (Phi) is 1.75. The number of hydrogen-bond donors (Lipinski definition) is 0. The summed E-state index contributed by atoms with van der Waals surface area (Å²) in [5, 5.41) is 0. The first kappa shape index (κ1) is 8.02. The molecule has 1 heteroatoms. The molecule has 0 radical (unpaired) electrons. The van der Waals surface area contributed by atoms with E-state index in [9.17, 15) is 4.79 Å². The van der Waals surface area contributed by atoms with Crippen molar-refractivity contribution in [1.29, 1.82) is 0 Å². The van der Waals surface area contributed by atoms with Crippen LogP contribution < -0.4 is 0 Å². The number of rotatable bonds is 0. The van der Waals surface area contributed by atoms with Gasteiger partial charge in [0.25, 0.3) is 0 Å². The predicted molar refractivity (Wildman–Crippen MR) is 51.3 cm³/mol. The van der Waals surface area contributed by atoms with E-state index in [0.29, 0.717) is 17.6 Å². The van der Waals surface area contributed by atoms with Crippen LogP contribution in [0.3, 0.4) is 0 Å². The standard InChI is InChI=1S/C12H18O/c13-12-10-5-2-6-11(12)9-4-1-3-8(10)7-9/h8-11H,1-7H2/t8-,9+,10+,11-. The zero-order chi connectivity index (χ0) is 8.84. The zero-order valence-corrected chi connectivity index (χ0v) is 8.17. The third-order valence-corrected chi connectivity index (χ3v) is 4.65. The highest BCUT2D eigenvalue weighted by Gasteiger charge is 2.46. The van der Waals surface area contributed by atoms with Crippen molar-refractivity contribution >= 4 is 5.78 Å². The molecule has 0 saturated heterocycles. The first-order valence-corrected chi connectivity index (χ1v) is 5.90. The van der Waals surface area contributed by atoms with Crippen LogP contribution in [0.15, 0.2) is 0 Å². The summed E-state index contributed by atoms with van der Waals surface area (Å²) in [6, 6.07) is 0. The minimum Gasteiger partial charge on any atom is -0.299 e. The van der Waals surface area contributed by atoms with E-state index >= 15 is 0 Å². The SMILES string of the molecule is O=C1[C@H]2CCC[C@@H]1[C@H]1CCC[C@@H]2C1. The van der Waals surface area contributed by atoms with Gasteiger partial charge in [0, 0.05) is 11.8 Å². The normalized spacial score (nSPS) is 49.1. The van der Waals surface area contributed by atoms with Crippen LogP contribution in [0.4, 0.5) is 0 Å². The van der Waals surface area contributed by atoms with E-state index in [1.54, 1.807) is 0 Å². The molecule has 3 aliphatic carbocycles. The predicted octanol–water partition coefficient (Wildman–Crippen LogP) is 2.79. The van der Waals surface area contributed by atoms with Crippen LogP contribution in [0.5, 0.6) is 0 Å². The van der Waals surface area contributed by atoms with Crippen molar-refractivity contribution in [2.45, 2.75) is 44.9 Å². The van der Waals surface area contributed by atoms with Crippen molar-refractivity contribution in [3.63, 3.8) is 0 Å². The van der Waals surface area contributed by atoms with Crippen LogP contribution in [-0.4, -0.2) is 5.78 Å². The molecule has 1 nitrogen and oxygen atoms in total. The number of Topliss-reactive ketones (excluding diaryl/α,β-unsaturated/α-hetero) is 1. The largest absolute Gasteiger partial charge is 0.299 e. The molecule has 3 saturated carbocycles. The molecule has 0 aromatic heterocycles. The molecule has 0 spiro atoms. The lowest BCUT2D eigenvalue weighted by molar-refractivity contribution is -0.140. The molecular weight excluding hydrogens is 160 g/mol. The van der Waals surface area contributed by atoms with Gasteiger partial charge in [-0.05, 0) is 43.9 Å². The summed E-state index contributed by atoms with van der Waals surface area (Å²) in [4.78, 5) is 12.0. The minimum atomic E-state index is 0.496. The highest BCUT2D eigenvalue weighted by molar-refractivity contribution is 5.85. The van der Waals surface area contributed by atoms with Crippen molar-refractivity contribution in [3.8, 4) is 0 Å². The van der Waals surface area contributed by atoms with Crippen LogP contribution in [0, 0.1) is 23.7 Å². The highest BCUT2D eigenvalue weighted by atomic mass is 16.1. The fraction of sp³-hybridized carbons (Fsp3) is 0.917. The maximum atomic E-state index is 12.0. The van der Waals surface area contributed by atoms with Crippen molar-refractivity contribution < 1.29 is 4.79 Å². The summed E-state index contributed by atoms with van der Waals surface area (Å²) in [6.45, 7) is 0. The van der Waals surface area contributed by atoms with Gasteiger partial charge in [-0.3, -0.25) is 4.79 Å². The van der Waals surface area contributed by atoms with Gasteiger partial charge in [0.1, 0.15) is 5.78 Å². The third kappa shape index (κ3) is 1.09. The molecule has 0 N–H and O–H groups in total. The molecule has 0 aliphatic heterocycles. The fourth-order valence-corrected chi connectivity index (χ4v) is 4.05. The molecule has 3 aliphatic rings. The Bertz CT molecular complexity index is 213. The number of fused-ring (bicyclic) bond motifs is 6. The average molecular weight is 178 g/mol. The Balaban J connectivity index is 1.92. The molecule has 4 atom stereocenters. The molecule has 0 amide bonds. The van der Waals surface area contributed by atoms with Gasteiger partial charge in [0.15, 0.2) is 0 Å². The molecule has 0 heterocycles. The monoisotopic (exact) mass is 178 g/mol. The molecule has 3 rings (SSSR count). The summed E-state index contributed by atoms with van der Waals surface area (Å²) in [5.74, 6) is 3.24. The molecule has 13 heavy (non-hydrogen) atoms. The first-order chi connectivity index (χ1) is 6.36. The molecule has 0 aromatic rings. The Morgan fingerprint density at radius 1 is 0.846 bits per heavy atom. The van der Waals surface area contributed by atoms with Crippen LogP contribution in [-0.2, 0) is 4.79 Å².